The number of rotatable bonds is 6. The number of benzene rings is 1. The number of aryl methyl sites for hydroxylation is 2. The van der Waals surface area contributed by atoms with Crippen LogP contribution in [0.3, 0.4) is 0 Å². The quantitative estimate of drug-likeness (QED) is 0.708. The predicted octanol–water partition coefficient (Wildman–Crippen LogP) is 2.01. The summed E-state index contributed by atoms with van der Waals surface area (Å²) >= 11 is 0. The summed E-state index contributed by atoms with van der Waals surface area (Å²) in [6.45, 7) is 7.60. The highest BCUT2D eigenvalue weighted by atomic mass is 32.2. The van der Waals surface area contributed by atoms with Gasteiger partial charge in [0, 0.05) is 11.4 Å². The summed E-state index contributed by atoms with van der Waals surface area (Å²) in [5, 5.41) is 8.05. The predicted molar refractivity (Wildman–Crippen MR) is 96.5 cm³/mol. The SMILES string of the molecule is Cc1cc(C)n2c(CNS(=O)(=O)c3ccc(OC(C)C)cc3)nnc2n1. The first-order valence-corrected chi connectivity index (χ1v) is 9.69. The van der Waals surface area contributed by atoms with Gasteiger partial charge < -0.3 is 4.74 Å². The topological polar surface area (TPSA) is 98.5 Å². The van der Waals surface area contributed by atoms with E-state index in [4.69, 9.17) is 4.74 Å². The standard InChI is InChI=1S/C17H21N5O3S/c1-11(2)25-14-5-7-15(8-6-14)26(23,24)18-10-16-20-21-17-19-12(3)9-13(4)22(16)17/h5-9,11,18H,10H2,1-4H3. The maximum absolute atomic E-state index is 12.5. The molecule has 9 heteroatoms. The van der Waals surface area contributed by atoms with E-state index in [2.05, 4.69) is 19.9 Å². The van der Waals surface area contributed by atoms with Crippen LogP contribution >= 0.6 is 0 Å². The summed E-state index contributed by atoms with van der Waals surface area (Å²) in [4.78, 5) is 4.45. The Labute approximate surface area is 152 Å². The van der Waals surface area contributed by atoms with Gasteiger partial charge in [-0.3, -0.25) is 4.40 Å². The van der Waals surface area contributed by atoms with Crippen molar-refractivity contribution in [2.45, 2.75) is 45.2 Å². The van der Waals surface area contributed by atoms with Crippen LogP contribution in [0.4, 0.5) is 0 Å². The van der Waals surface area contributed by atoms with Gasteiger partial charge in [-0.15, -0.1) is 10.2 Å². The minimum absolute atomic E-state index is 0.0132. The lowest BCUT2D eigenvalue weighted by Gasteiger charge is -2.11. The van der Waals surface area contributed by atoms with Gasteiger partial charge in [-0.1, -0.05) is 0 Å². The first-order valence-electron chi connectivity index (χ1n) is 8.21. The molecule has 0 aliphatic rings. The van der Waals surface area contributed by atoms with Crippen molar-refractivity contribution in [3.63, 3.8) is 0 Å². The molecule has 0 fully saturated rings. The molecule has 1 N–H and O–H groups in total. The van der Waals surface area contributed by atoms with Crippen molar-refractivity contribution in [1.29, 1.82) is 0 Å². The molecule has 0 bridgehead atoms. The molecular formula is C17H21N5O3S. The fourth-order valence-electron chi connectivity index (χ4n) is 2.62. The smallest absolute Gasteiger partial charge is 0.255 e. The van der Waals surface area contributed by atoms with E-state index in [1.54, 1.807) is 16.5 Å². The number of hydrogen-bond acceptors (Lipinski definition) is 6. The van der Waals surface area contributed by atoms with Crippen LogP contribution in [-0.4, -0.2) is 34.1 Å². The van der Waals surface area contributed by atoms with E-state index in [1.807, 2.05) is 33.8 Å². The van der Waals surface area contributed by atoms with Crippen LogP contribution in [0, 0.1) is 13.8 Å². The molecule has 3 rings (SSSR count). The van der Waals surface area contributed by atoms with E-state index in [1.165, 1.54) is 12.1 Å². The van der Waals surface area contributed by atoms with Gasteiger partial charge >= 0.3 is 0 Å². The molecule has 2 aromatic heterocycles. The summed E-state index contributed by atoms with van der Waals surface area (Å²) in [6.07, 6.45) is 0.0253. The molecule has 26 heavy (non-hydrogen) atoms. The molecule has 0 unspecified atom stereocenters. The second-order valence-corrected chi connectivity index (χ2v) is 8.02. The molecule has 138 valence electrons. The molecule has 0 spiro atoms. The van der Waals surface area contributed by atoms with Gasteiger partial charge in [-0.05, 0) is 58.0 Å². The highest BCUT2D eigenvalue weighted by molar-refractivity contribution is 7.89. The third-order valence-corrected chi connectivity index (χ3v) is 5.10. The Morgan fingerprint density at radius 2 is 1.85 bits per heavy atom. The Kier molecular flexibility index (Phi) is 4.92. The van der Waals surface area contributed by atoms with Crippen LogP contribution in [-0.2, 0) is 16.6 Å². The van der Waals surface area contributed by atoms with Crippen LogP contribution in [0.2, 0.25) is 0 Å². The number of fused-ring (bicyclic) bond motifs is 1. The molecule has 0 aliphatic carbocycles. The van der Waals surface area contributed by atoms with Crippen LogP contribution in [0.5, 0.6) is 5.75 Å². The number of nitrogens with one attached hydrogen (secondary N) is 1. The van der Waals surface area contributed by atoms with Crippen molar-refractivity contribution in [1.82, 2.24) is 24.3 Å². The van der Waals surface area contributed by atoms with Gasteiger partial charge in [0.1, 0.15) is 5.75 Å². The number of nitrogens with zero attached hydrogens (tertiary/aromatic N) is 4. The van der Waals surface area contributed by atoms with E-state index < -0.39 is 10.0 Å². The van der Waals surface area contributed by atoms with Crippen molar-refractivity contribution in [3.8, 4) is 5.75 Å². The molecule has 0 amide bonds. The number of aromatic nitrogens is 4. The van der Waals surface area contributed by atoms with Crippen molar-refractivity contribution in [3.05, 3.63) is 47.5 Å². The average molecular weight is 375 g/mol. The molecule has 1 aromatic carbocycles. The van der Waals surface area contributed by atoms with Crippen LogP contribution in [0.25, 0.3) is 5.78 Å². The Bertz CT molecular complexity index is 1030. The zero-order valence-electron chi connectivity index (χ0n) is 15.1. The first-order chi connectivity index (χ1) is 12.3. The molecule has 0 saturated heterocycles. The Morgan fingerprint density at radius 3 is 2.50 bits per heavy atom. The van der Waals surface area contributed by atoms with Crippen molar-refractivity contribution >= 4 is 15.8 Å². The summed E-state index contributed by atoms with van der Waals surface area (Å²) in [6, 6.07) is 8.19. The molecule has 0 atom stereocenters. The first kappa shape index (κ1) is 18.3. The van der Waals surface area contributed by atoms with Crippen LogP contribution < -0.4 is 9.46 Å². The fraction of sp³-hybridized carbons (Fsp3) is 0.353. The molecule has 0 aliphatic heterocycles. The van der Waals surface area contributed by atoms with E-state index in [0.29, 0.717) is 17.4 Å². The molecular weight excluding hydrogens is 354 g/mol. The van der Waals surface area contributed by atoms with Crippen LogP contribution in [0.15, 0.2) is 35.2 Å². The van der Waals surface area contributed by atoms with Gasteiger partial charge in [0.25, 0.3) is 5.78 Å². The monoisotopic (exact) mass is 375 g/mol. The third-order valence-electron chi connectivity index (χ3n) is 3.69. The Balaban J connectivity index is 1.78. The molecule has 0 saturated carbocycles. The normalized spacial score (nSPS) is 12.0. The summed E-state index contributed by atoms with van der Waals surface area (Å²) < 4.78 is 34.8. The molecule has 2 heterocycles. The summed E-state index contributed by atoms with van der Waals surface area (Å²) in [5.41, 5.74) is 1.72. The second kappa shape index (κ2) is 7.00. The van der Waals surface area contributed by atoms with Gasteiger partial charge in [0.05, 0.1) is 17.5 Å². The lowest BCUT2D eigenvalue weighted by Crippen LogP contribution is -2.24. The van der Waals surface area contributed by atoms with Gasteiger partial charge in [0.15, 0.2) is 5.82 Å². The lowest BCUT2D eigenvalue weighted by molar-refractivity contribution is 0.242. The van der Waals surface area contributed by atoms with E-state index in [0.717, 1.165) is 11.4 Å². The van der Waals surface area contributed by atoms with Crippen molar-refractivity contribution in [2.24, 2.45) is 0 Å². The second-order valence-electron chi connectivity index (χ2n) is 6.25. The maximum Gasteiger partial charge on any atom is 0.255 e. The number of ether oxygens (including phenoxy) is 1. The van der Waals surface area contributed by atoms with Gasteiger partial charge in [-0.25, -0.2) is 18.1 Å². The van der Waals surface area contributed by atoms with E-state index in [-0.39, 0.29) is 17.5 Å². The van der Waals surface area contributed by atoms with Crippen molar-refractivity contribution < 1.29 is 13.2 Å². The zero-order chi connectivity index (χ0) is 18.9. The van der Waals surface area contributed by atoms with Gasteiger partial charge in [-0.2, -0.15) is 0 Å². The summed E-state index contributed by atoms with van der Waals surface area (Å²) in [5.74, 6) is 1.56. The zero-order valence-corrected chi connectivity index (χ0v) is 15.9. The van der Waals surface area contributed by atoms with E-state index >= 15 is 0 Å². The Morgan fingerprint density at radius 1 is 1.15 bits per heavy atom. The largest absolute Gasteiger partial charge is 0.491 e. The number of hydrogen-bond donors (Lipinski definition) is 1. The maximum atomic E-state index is 12.5. The fourth-order valence-corrected chi connectivity index (χ4v) is 3.60. The number of sulfonamides is 1. The van der Waals surface area contributed by atoms with E-state index in [9.17, 15) is 8.42 Å². The third kappa shape index (κ3) is 3.83. The molecule has 0 radical (unpaired) electrons. The molecule has 3 aromatic rings. The highest BCUT2D eigenvalue weighted by Gasteiger charge is 2.17. The van der Waals surface area contributed by atoms with Crippen molar-refractivity contribution in [2.75, 3.05) is 0 Å². The Hall–Kier alpha value is -2.52. The minimum atomic E-state index is -3.68. The highest BCUT2D eigenvalue weighted by Crippen LogP contribution is 2.17. The summed E-state index contributed by atoms with van der Waals surface area (Å²) in [7, 11) is -3.68. The average Bonchev–Trinajstić information content (AvgIpc) is 2.96. The van der Waals surface area contributed by atoms with Gasteiger partial charge in [0.2, 0.25) is 10.0 Å². The molecule has 8 nitrogen and oxygen atoms in total. The minimum Gasteiger partial charge on any atom is -0.491 e. The lowest BCUT2D eigenvalue weighted by atomic mass is 10.3. The van der Waals surface area contributed by atoms with Crippen LogP contribution in [0.1, 0.15) is 31.1 Å².